The van der Waals surface area contributed by atoms with Crippen molar-refractivity contribution in [1.29, 1.82) is 0 Å². The van der Waals surface area contributed by atoms with Gasteiger partial charge in [0.15, 0.2) is 0 Å². The van der Waals surface area contributed by atoms with Gasteiger partial charge in [-0.25, -0.2) is 8.42 Å². The summed E-state index contributed by atoms with van der Waals surface area (Å²) in [5.41, 5.74) is 6.08. The van der Waals surface area contributed by atoms with Crippen molar-refractivity contribution < 1.29 is 8.42 Å². The molecular formula is C13H17ClN2O2S2. The Morgan fingerprint density at radius 3 is 2.70 bits per heavy atom. The van der Waals surface area contributed by atoms with Gasteiger partial charge in [-0.3, -0.25) is 0 Å². The zero-order valence-corrected chi connectivity index (χ0v) is 13.6. The van der Waals surface area contributed by atoms with Crippen molar-refractivity contribution in [3.05, 3.63) is 28.8 Å². The summed E-state index contributed by atoms with van der Waals surface area (Å²) in [6.45, 7) is 2.46. The summed E-state index contributed by atoms with van der Waals surface area (Å²) in [6.07, 6.45) is 2.81. The maximum absolute atomic E-state index is 12.7. The topological polar surface area (TPSA) is 63.4 Å². The van der Waals surface area contributed by atoms with Crippen LogP contribution < -0.4 is 5.73 Å². The Bertz CT molecular complexity index is 631. The molecule has 0 spiro atoms. The molecule has 7 heteroatoms. The zero-order chi connectivity index (χ0) is 14.9. The van der Waals surface area contributed by atoms with Crippen molar-refractivity contribution in [1.82, 2.24) is 4.31 Å². The van der Waals surface area contributed by atoms with Crippen LogP contribution in [0, 0.1) is 0 Å². The van der Waals surface area contributed by atoms with Crippen LogP contribution in [0.4, 0.5) is 0 Å². The van der Waals surface area contributed by atoms with Crippen LogP contribution in [0.3, 0.4) is 0 Å². The quantitative estimate of drug-likeness (QED) is 0.864. The number of nitrogens with two attached hydrogens (primary N) is 1. The molecule has 1 unspecified atom stereocenters. The highest BCUT2D eigenvalue weighted by Gasteiger charge is 2.32. The number of benzene rings is 1. The summed E-state index contributed by atoms with van der Waals surface area (Å²) >= 11 is 11.0. The maximum atomic E-state index is 12.7. The fourth-order valence-electron chi connectivity index (χ4n) is 2.42. The molecule has 0 bridgehead atoms. The summed E-state index contributed by atoms with van der Waals surface area (Å²) in [6, 6.07) is 4.58. The number of piperidine rings is 1. The standard InChI is InChI=1S/C13H17ClN2O2S2/c1-9-4-2-3-7-16(9)20(17,18)12-6-5-10(13(15)19)8-11(12)14/h5-6,8-9H,2-4,7H2,1H3,(H2,15,19). The first kappa shape index (κ1) is 15.7. The van der Waals surface area contributed by atoms with E-state index in [-0.39, 0.29) is 20.9 Å². The van der Waals surface area contributed by atoms with Gasteiger partial charge in [-0.2, -0.15) is 4.31 Å². The van der Waals surface area contributed by atoms with Gasteiger partial charge in [-0.15, -0.1) is 0 Å². The lowest BCUT2D eigenvalue weighted by molar-refractivity contribution is 0.268. The SMILES string of the molecule is CC1CCCCN1S(=O)(=O)c1ccc(C(N)=S)cc1Cl. The van der Waals surface area contributed by atoms with E-state index in [0.717, 1.165) is 19.3 Å². The van der Waals surface area contributed by atoms with E-state index in [1.165, 1.54) is 16.4 Å². The first-order valence-electron chi connectivity index (χ1n) is 6.45. The van der Waals surface area contributed by atoms with Gasteiger partial charge in [0.05, 0.1) is 5.02 Å². The molecule has 110 valence electrons. The summed E-state index contributed by atoms with van der Waals surface area (Å²) in [5, 5.41) is 0.160. The molecule has 1 aromatic rings. The molecule has 1 atom stereocenters. The Morgan fingerprint density at radius 2 is 2.15 bits per heavy atom. The van der Waals surface area contributed by atoms with Crippen molar-refractivity contribution in [2.24, 2.45) is 5.73 Å². The van der Waals surface area contributed by atoms with Gasteiger partial charge in [0.2, 0.25) is 10.0 Å². The van der Waals surface area contributed by atoms with Gasteiger partial charge in [0.25, 0.3) is 0 Å². The van der Waals surface area contributed by atoms with Crippen LogP contribution in [0.25, 0.3) is 0 Å². The number of halogens is 1. The van der Waals surface area contributed by atoms with Crippen LogP contribution in [0.5, 0.6) is 0 Å². The van der Waals surface area contributed by atoms with Crippen LogP contribution in [0.15, 0.2) is 23.1 Å². The zero-order valence-electron chi connectivity index (χ0n) is 11.2. The highest BCUT2D eigenvalue weighted by Crippen LogP contribution is 2.30. The Balaban J connectivity index is 2.41. The van der Waals surface area contributed by atoms with E-state index >= 15 is 0 Å². The third-order valence-electron chi connectivity index (χ3n) is 3.55. The molecule has 2 N–H and O–H groups in total. The van der Waals surface area contributed by atoms with Crippen molar-refractivity contribution in [2.45, 2.75) is 37.1 Å². The Hall–Kier alpha value is -0.690. The molecule has 1 aliphatic rings. The highest BCUT2D eigenvalue weighted by molar-refractivity contribution is 7.89. The first-order chi connectivity index (χ1) is 9.34. The van der Waals surface area contributed by atoms with Crippen molar-refractivity contribution in [2.75, 3.05) is 6.54 Å². The van der Waals surface area contributed by atoms with Gasteiger partial charge in [0.1, 0.15) is 9.88 Å². The van der Waals surface area contributed by atoms with Crippen molar-refractivity contribution in [3.8, 4) is 0 Å². The Labute approximate surface area is 130 Å². The van der Waals surface area contributed by atoms with E-state index < -0.39 is 10.0 Å². The molecule has 0 saturated carbocycles. The number of hydrogen-bond donors (Lipinski definition) is 1. The molecule has 1 heterocycles. The molecular weight excluding hydrogens is 316 g/mol. The summed E-state index contributed by atoms with van der Waals surface area (Å²) in [5.74, 6) is 0. The minimum absolute atomic E-state index is 0.0000723. The van der Waals surface area contributed by atoms with Crippen LogP contribution >= 0.6 is 23.8 Å². The minimum Gasteiger partial charge on any atom is -0.389 e. The molecule has 0 radical (unpaired) electrons. The van der Waals surface area contributed by atoms with Gasteiger partial charge < -0.3 is 5.73 Å². The molecule has 4 nitrogen and oxygen atoms in total. The number of thiocarbonyl (C=S) groups is 1. The first-order valence-corrected chi connectivity index (χ1v) is 8.68. The molecule has 20 heavy (non-hydrogen) atoms. The molecule has 1 saturated heterocycles. The minimum atomic E-state index is -3.57. The molecule has 1 fully saturated rings. The third kappa shape index (κ3) is 2.98. The molecule has 1 aliphatic heterocycles. The fraction of sp³-hybridized carbons (Fsp3) is 0.462. The lowest BCUT2D eigenvalue weighted by Gasteiger charge is -2.32. The highest BCUT2D eigenvalue weighted by atomic mass is 35.5. The van der Waals surface area contributed by atoms with E-state index in [0.29, 0.717) is 12.1 Å². The average Bonchev–Trinajstić information content (AvgIpc) is 2.38. The van der Waals surface area contributed by atoms with Gasteiger partial charge in [0, 0.05) is 18.2 Å². The van der Waals surface area contributed by atoms with Crippen molar-refractivity contribution in [3.63, 3.8) is 0 Å². The molecule has 0 amide bonds. The normalized spacial score (nSPS) is 20.8. The second-order valence-corrected chi connectivity index (χ2v) is 7.68. The number of rotatable bonds is 3. The van der Waals surface area contributed by atoms with Gasteiger partial charge >= 0.3 is 0 Å². The van der Waals surface area contributed by atoms with Crippen LogP contribution in [-0.4, -0.2) is 30.3 Å². The predicted molar refractivity (Wildman–Crippen MR) is 84.5 cm³/mol. The molecule has 0 aromatic heterocycles. The van der Waals surface area contributed by atoms with E-state index in [9.17, 15) is 8.42 Å². The maximum Gasteiger partial charge on any atom is 0.244 e. The number of sulfonamides is 1. The molecule has 1 aromatic carbocycles. The smallest absolute Gasteiger partial charge is 0.244 e. The van der Waals surface area contributed by atoms with Gasteiger partial charge in [-0.05, 0) is 31.9 Å². The fourth-order valence-corrected chi connectivity index (χ4v) is 4.77. The monoisotopic (exact) mass is 332 g/mol. The van der Waals surface area contributed by atoms with Crippen molar-refractivity contribution >= 4 is 38.8 Å². The van der Waals surface area contributed by atoms with E-state index in [1.807, 2.05) is 6.92 Å². The van der Waals surface area contributed by atoms with E-state index in [1.54, 1.807) is 6.07 Å². The Kier molecular flexibility index (Phi) is 4.69. The third-order valence-corrected chi connectivity index (χ3v) is 6.28. The van der Waals surface area contributed by atoms with Gasteiger partial charge in [-0.1, -0.05) is 36.3 Å². The van der Waals surface area contributed by atoms with E-state index in [4.69, 9.17) is 29.6 Å². The largest absolute Gasteiger partial charge is 0.389 e. The van der Waals surface area contributed by atoms with Crippen LogP contribution in [0.2, 0.25) is 5.02 Å². The lowest BCUT2D eigenvalue weighted by Crippen LogP contribution is -2.42. The summed E-state index contributed by atoms with van der Waals surface area (Å²) < 4.78 is 26.9. The molecule has 2 rings (SSSR count). The van der Waals surface area contributed by atoms with Crippen LogP contribution in [-0.2, 0) is 10.0 Å². The summed E-state index contributed by atoms with van der Waals surface area (Å²) in [7, 11) is -3.57. The summed E-state index contributed by atoms with van der Waals surface area (Å²) in [4.78, 5) is 0.315. The second-order valence-electron chi connectivity index (χ2n) is 4.97. The predicted octanol–water partition coefficient (Wildman–Crippen LogP) is 2.54. The van der Waals surface area contributed by atoms with Crippen LogP contribution in [0.1, 0.15) is 31.7 Å². The lowest BCUT2D eigenvalue weighted by atomic mass is 10.1. The number of hydrogen-bond acceptors (Lipinski definition) is 3. The Morgan fingerprint density at radius 1 is 1.45 bits per heavy atom. The number of nitrogens with zero attached hydrogens (tertiary/aromatic N) is 1. The average molecular weight is 333 g/mol. The second kappa shape index (κ2) is 5.97. The molecule has 0 aliphatic carbocycles. The van der Waals surface area contributed by atoms with E-state index in [2.05, 4.69) is 0 Å².